The van der Waals surface area contributed by atoms with Crippen molar-refractivity contribution in [3.63, 3.8) is 0 Å². The molecule has 2 aromatic carbocycles. The first kappa shape index (κ1) is 24.4. The molecule has 0 atom stereocenters. The van der Waals surface area contributed by atoms with Gasteiger partial charge in [0.25, 0.3) is 0 Å². The molecule has 0 aliphatic rings. The van der Waals surface area contributed by atoms with Crippen LogP contribution in [0.4, 0.5) is 5.69 Å². The average molecular weight is 532 g/mol. The number of hydrogen-bond acceptors (Lipinski definition) is 3. The second-order valence-electron chi connectivity index (χ2n) is 6.95. The summed E-state index contributed by atoms with van der Waals surface area (Å²) >= 11 is 0. The van der Waals surface area contributed by atoms with Gasteiger partial charge in [0.15, 0.2) is 5.96 Å². The summed E-state index contributed by atoms with van der Waals surface area (Å²) < 4.78 is 1.92. The van der Waals surface area contributed by atoms with Gasteiger partial charge in [-0.25, -0.2) is 0 Å². The van der Waals surface area contributed by atoms with Gasteiger partial charge >= 0.3 is 0 Å². The second kappa shape index (κ2) is 12.7. The van der Waals surface area contributed by atoms with Crippen LogP contribution in [-0.2, 0) is 24.3 Å². The Kier molecular flexibility index (Phi) is 10.0. The molecule has 1 heterocycles. The lowest BCUT2D eigenvalue weighted by Gasteiger charge is -2.14. The highest BCUT2D eigenvalue weighted by Crippen LogP contribution is 2.11. The fraction of sp³-hybridized carbons (Fsp3) is 0.261. The van der Waals surface area contributed by atoms with Crippen molar-refractivity contribution in [1.82, 2.24) is 20.4 Å². The first-order chi connectivity index (χ1) is 14.6. The fourth-order valence-corrected chi connectivity index (χ4v) is 3.14. The van der Waals surface area contributed by atoms with Crippen molar-refractivity contribution < 1.29 is 4.79 Å². The third-order valence-electron chi connectivity index (χ3n) is 4.66. The first-order valence-corrected chi connectivity index (χ1v) is 9.99. The summed E-state index contributed by atoms with van der Waals surface area (Å²) in [6.45, 7) is 3.69. The largest absolute Gasteiger partial charge is 0.356 e. The highest BCUT2D eigenvalue weighted by molar-refractivity contribution is 14.0. The minimum absolute atomic E-state index is 0. The summed E-state index contributed by atoms with van der Waals surface area (Å²) in [5.41, 5.74) is 4.44. The van der Waals surface area contributed by atoms with Crippen LogP contribution in [-0.4, -0.2) is 35.2 Å². The van der Waals surface area contributed by atoms with Gasteiger partial charge in [0.05, 0.1) is 6.54 Å². The minimum Gasteiger partial charge on any atom is -0.356 e. The SMILES string of the molecule is CN=C(NCCc1ccc(NC(C)=O)cc1)NCc1ccccc1Cn1cccn1.I. The molecule has 7 nitrogen and oxygen atoms in total. The molecule has 0 spiro atoms. The lowest BCUT2D eigenvalue weighted by molar-refractivity contribution is -0.114. The molecular weight excluding hydrogens is 503 g/mol. The highest BCUT2D eigenvalue weighted by atomic mass is 127. The number of halogens is 1. The number of amides is 1. The summed E-state index contributed by atoms with van der Waals surface area (Å²) in [6.07, 6.45) is 4.62. The zero-order valence-electron chi connectivity index (χ0n) is 17.8. The Labute approximate surface area is 200 Å². The summed E-state index contributed by atoms with van der Waals surface area (Å²) in [7, 11) is 1.77. The van der Waals surface area contributed by atoms with Crippen LogP contribution in [0.1, 0.15) is 23.6 Å². The molecule has 0 fully saturated rings. The number of rotatable bonds is 8. The van der Waals surface area contributed by atoms with E-state index in [0.717, 1.165) is 31.2 Å². The van der Waals surface area contributed by atoms with Crippen LogP contribution in [0, 0.1) is 0 Å². The number of aliphatic imine (C=N–C) groups is 1. The van der Waals surface area contributed by atoms with Gasteiger partial charge in [-0.15, -0.1) is 24.0 Å². The van der Waals surface area contributed by atoms with Gasteiger partial charge in [0.1, 0.15) is 0 Å². The van der Waals surface area contributed by atoms with E-state index in [-0.39, 0.29) is 29.9 Å². The Morgan fingerprint density at radius 1 is 1.03 bits per heavy atom. The van der Waals surface area contributed by atoms with Crippen LogP contribution >= 0.6 is 24.0 Å². The lowest BCUT2D eigenvalue weighted by atomic mass is 10.1. The number of nitrogens with one attached hydrogen (secondary N) is 3. The number of hydrogen-bond donors (Lipinski definition) is 3. The van der Waals surface area contributed by atoms with E-state index in [1.807, 2.05) is 53.3 Å². The zero-order valence-corrected chi connectivity index (χ0v) is 20.2. The number of benzene rings is 2. The second-order valence-corrected chi connectivity index (χ2v) is 6.95. The molecule has 164 valence electrons. The topological polar surface area (TPSA) is 83.3 Å². The Balaban J connectivity index is 0.00000341. The zero-order chi connectivity index (χ0) is 21.2. The number of carbonyl (C=O) groups is 1. The fourth-order valence-electron chi connectivity index (χ4n) is 3.14. The predicted octanol–water partition coefficient (Wildman–Crippen LogP) is 3.42. The van der Waals surface area contributed by atoms with E-state index < -0.39 is 0 Å². The maximum Gasteiger partial charge on any atom is 0.221 e. The van der Waals surface area contributed by atoms with E-state index >= 15 is 0 Å². The molecule has 31 heavy (non-hydrogen) atoms. The van der Waals surface area contributed by atoms with Crippen LogP contribution in [0.5, 0.6) is 0 Å². The van der Waals surface area contributed by atoms with Gasteiger partial charge in [-0.3, -0.25) is 14.5 Å². The molecule has 0 bridgehead atoms. The molecule has 0 unspecified atom stereocenters. The number of carbonyl (C=O) groups excluding carboxylic acids is 1. The Hall–Kier alpha value is -2.88. The molecule has 3 aromatic rings. The standard InChI is InChI=1S/C23H28N6O.HI/c1-18(30)28-22-10-8-19(9-11-22)12-14-25-23(24-2)26-16-20-6-3-4-7-21(20)17-29-15-5-13-27-29;/h3-11,13,15H,12,14,16-17H2,1-2H3,(H,28,30)(H2,24,25,26);1H. The monoisotopic (exact) mass is 532 g/mol. The number of aromatic nitrogens is 2. The van der Waals surface area contributed by atoms with Crippen molar-refractivity contribution in [1.29, 1.82) is 0 Å². The molecule has 0 aliphatic carbocycles. The van der Waals surface area contributed by atoms with Crippen LogP contribution in [0.15, 0.2) is 72.0 Å². The average Bonchev–Trinajstić information content (AvgIpc) is 3.25. The molecular formula is C23H29IN6O. The maximum absolute atomic E-state index is 11.1. The Morgan fingerprint density at radius 3 is 2.42 bits per heavy atom. The van der Waals surface area contributed by atoms with Crippen molar-refractivity contribution in [3.8, 4) is 0 Å². The molecule has 1 amide bonds. The van der Waals surface area contributed by atoms with Crippen LogP contribution < -0.4 is 16.0 Å². The number of anilines is 1. The summed E-state index contributed by atoms with van der Waals surface area (Å²) in [5.74, 6) is 0.698. The van der Waals surface area contributed by atoms with Crippen molar-refractivity contribution in [2.45, 2.75) is 26.4 Å². The van der Waals surface area contributed by atoms with Crippen molar-refractivity contribution in [2.24, 2.45) is 4.99 Å². The van der Waals surface area contributed by atoms with E-state index in [0.29, 0.717) is 6.54 Å². The molecule has 1 aromatic heterocycles. The lowest BCUT2D eigenvalue weighted by Crippen LogP contribution is -2.38. The van der Waals surface area contributed by atoms with E-state index in [4.69, 9.17) is 0 Å². The number of guanidine groups is 1. The van der Waals surface area contributed by atoms with Gasteiger partial charge in [0.2, 0.25) is 5.91 Å². The molecule has 0 aliphatic heterocycles. The van der Waals surface area contributed by atoms with E-state index in [9.17, 15) is 4.79 Å². The number of nitrogens with zero attached hydrogens (tertiary/aromatic N) is 3. The molecule has 8 heteroatoms. The Morgan fingerprint density at radius 2 is 1.77 bits per heavy atom. The molecule has 0 radical (unpaired) electrons. The predicted molar refractivity (Wildman–Crippen MR) is 136 cm³/mol. The first-order valence-electron chi connectivity index (χ1n) is 9.99. The van der Waals surface area contributed by atoms with Gasteiger partial charge in [-0.1, -0.05) is 36.4 Å². The normalized spacial score (nSPS) is 10.8. The van der Waals surface area contributed by atoms with E-state index in [2.05, 4.69) is 38.2 Å². The maximum atomic E-state index is 11.1. The summed E-state index contributed by atoms with van der Waals surface area (Å²) in [4.78, 5) is 15.4. The van der Waals surface area contributed by atoms with Crippen molar-refractivity contribution in [2.75, 3.05) is 18.9 Å². The van der Waals surface area contributed by atoms with E-state index in [1.165, 1.54) is 23.6 Å². The van der Waals surface area contributed by atoms with Crippen LogP contribution in [0.2, 0.25) is 0 Å². The highest BCUT2D eigenvalue weighted by Gasteiger charge is 2.05. The molecule has 3 rings (SSSR count). The smallest absolute Gasteiger partial charge is 0.221 e. The summed E-state index contributed by atoms with van der Waals surface area (Å²) in [5, 5.41) is 13.8. The third-order valence-corrected chi connectivity index (χ3v) is 4.66. The quantitative estimate of drug-likeness (QED) is 0.236. The molecule has 0 saturated heterocycles. The molecule has 0 saturated carbocycles. The van der Waals surface area contributed by atoms with Crippen LogP contribution in [0.25, 0.3) is 0 Å². The summed E-state index contributed by atoms with van der Waals surface area (Å²) in [6, 6.07) is 18.1. The van der Waals surface area contributed by atoms with Crippen molar-refractivity contribution in [3.05, 3.63) is 83.7 Å². The van der Waals surface area contributed by atoms with Crippen LogP contribution in [0.3, 0.4) is 0 Å². The van der Waals surface area contributed by atoms with Gasteiger partial charge in [0, 0.05) is 45.1 Å². The van der Waals surface area contributed by atoms with E-state index in [1.54, 1.807) is 13.2 Å². The molecule has 3 N–H and O–H groups in total. The van der Waals surface area contributed by atoms with Gasteiger partial charge in [-0.2, -0.15) is 5.10 Å². The minimum atomic E-state index is -0.0644. The van der Waals surface area contributed by atoms with Gasteiger partial charge in [-0.05, 0) is 41.3 Å². The van der Waals surface area contributed by atoms with Gasteiger partial charge < -0.3 is 16.0 Å². The Bertz CT molecular complexity index is 970. The third kappa shape index (κ3) is 8.05. The van der Waals surface area contributed by atoms with Crippen molar-refractivity contribution >= 4 is 41.5 Å².